The molecule has 0 bridgehead atoms. The van der Waals surface area contributed by atoms with Crippen molar-refractivity contribution in [3.05, 3.63) is 0 Å². The molecule has 3 nitrogen and oxygen atoms in total. The van der Waals surface area contributed by atoms with Crippen molar-refractivity contribution in [2.45, 2.75) is 65.4 Å². The lowest BCUT2D eigenvalue weighted by Crippen LogP contribution is -2.54. The first-order valence-corrected chi connectivity index (χ1v) is 9.02. The van der Waals surface area contributed by atoms with E-state index in [-0.39, 0.29) is 5.60 Å². The second-order valence-corrected chi connectivity index (χ2v) is 8.18. The molecule has 3 heteroatoms. The standard InChI is InChI=1S/C18H36N2O/c1-5-10-19-13-18(8-6-16(2)7-9-18)15-20-11-12-21-17(3,4)14-20/h16,19H,5-15H2,1-4H3. The van der Waals surface area contributed by atoms with Crippen molar-refractivity contribution in [2.24, 2.45) is 11.3 Å². The maximum Gasteiger partial charge on any atom is 0.0753 e. The zero-order valence-corrected chi connectivity index (χ0v) is 14.7. The molecular weight excluding hydrogens is 260 g/mol. The molecule has 0 atom stereocenters. The van der Waals surface area contributed by atoms with E-state index in [4.69, 9.17) is 4.74 Å². The molecule has 0 radical (unpaired) electrons. The Labute approximate surface area is 131 Å². The van der Waals surface area contributed by atoms with Gasteiger partial charge in [0.2, 0.25) is 0 Å². The summed E-state index contributed by atoms with van der Waals surface area (Å²) >= 11 is 0. The molecule has 1 aliphatic carbocycles. The number of rotatable bonds is 6. The van der Waals surface area contributed by atoms with Crippen LogP contribution in [0, 0.1) is 11.3 Å². The number of hydrogen-bond donors (Lipinski definition) is 1. The van der Waals surface area contributed by atoms with Crippen LogP contribution in [-0.2, 0) is 4.74 Å². The second kappa shape index (κ2) is 7.43. The van der Waals surface area contributed by atoms with Gasteiger partial charge in [0.1, 0.15) is 0 Å². The third-order valence-corrected chi connectivity index (χ3v) is 5.33. The quantitative estimate of drug-likeness (QED) is 0.761. The molecule has 2 rings (SSSR count). The Balaban J connectivity index is 1.94. The molecule has 21 heavy (non-hydrogen) atoms. The molecule has 0 aromatic carbocycles. The van der Waals surface area contributed by atoms with Crippen LogP contribution in [0.4, 0.5) is 0 Å². The van der Waals surface area contributed by atoms with E-state index in [0.717, 1.165) is 32.2 Å². The van der Waals surface area contributed by atoms with E-state index >= 15 is 0 Å². The molecule has 124 valence electrons. The Bertz CT molecular complexity index is 308. The highest BCUT2D eigenvalue weighted by Gasteiger charge is 2.37. The average molecular weight is 296 g/mol. The van der Waals surface area contributed by atoms with Gasteiger partial charge in [-0.3, -0.25) is 4.90 Å². The van der Waals surface area contributed by atoms with Gasteiger partial charge < -0.3 is 10.1 Å². The molecule has 1 saturated carbocycles. The SMILES string of the molecule is CCCNCC1(CN2CCOC(C)(C)C2)CCC(C)CC1. The zero-order chi connectivity index (χ0) is 15.3. The normalized spacial score (nSPS) is 34.0. The van der Waals surface area contributed by atoms with Gasteiger partial charge in [0.25, 0.3) is 0 Å². The summed E-state index contributed by atoms with van der Waals surface area (Å²) in [6, 6.07) is 0. The minimum atomic E-state index is 0.0260. The van der Waals surface area contributed by atoms with E-state index in [1.165, 1.54) is 45.2 Å². The average Bonchev–Trinajstić information content (AvgIpc) is 2.41. The van der Waals surface area contributed by atoms with E-state index in [0.29, 0.717) is 5.41 Å². The number of morpholine rings is 1. The minimum absolute atomic E-state index is 0.0260. The van der Waals surface area contributed by atoms with Crippen molar-refractivity contribution in [3.63, 3.8) is 0 Å². The third-order valence-electron chi connectivity index (χ3n) is 5.33. The smallest absolute Gasteiger partial charge is 0.0753 e. The summed E-state index contributed by atoms with van der Waals surface area (Å²) in [6.07, 6.45) is 6.82. The molecule has 2 aliphatic rings. The van der Waals surface area contributed by atoms with Crippen molar-refractivity contribution in [1.82, 2.24) is 10.2 Å². The summed E-state index contributed by atoms with van der Waals surface area (Å²) in [5.41, 5.74) is 0.521. The Hall–Kier alpha value is -0.120. The highest BCUT2D eigenvalue weighted by Crippen LogP contribution is 2.39. The van der Waals surface area contributed by atoms with Crippen molar-refractivity contribution in [2.75, 3.05) is 39.3 Å². The Morgan fingerprint density at radius 1 is 1.24 bits per heavy atom. The van der Waals surface area contributed by atoms with Crippen LogP contribution in [0.15, 0.2) is 0 Å². The minimum Gasteiger partial charge on any atom is -0.373 e. The van der Waals surface area contributed by atoms with Gasteiger partial charge >= 0.3 is 0 Å². The molecule has 1 aliphatic heterocycles. The first-order valence-electron chi connectivity index (χ1n) is 9.02. The van der Waals surface area contributed by atoms with Gasteiger partial charge in [-0.2, -0.15) is 0 Å². The molecule has 0 unspecified atom stereocenters. The van der Waals surface area contributed by atoms with Gasteiger partial charge in [-0.1, -0.05) is 26.7 Å². The van der Waals surface area contributed by atoms with Crippen LogP contribution in [0.1, 0.15) is 59.8 Å². The lowest BCUT2D eigenvalue weighted by Gasteiger charge is -2.46. The van der Waals surface area contributed by atoms with Crippen LogP contribution < -0.4 is 5.32 Å². The predicted molar refractivity (Wildman–Crippen MR) is 89.7 cm³/mol. The molecule has 2 fully saturated rings. The number of nitrogens with one attached hydrogen (secondary N) is 1. The molecule has 1 heterocycles. The first-order chi connectivity index (χ1) is 9.95. The fraction of sp³-hybridized carbons (Fsp3) is 1.00. The summed E-state index contributed by atoms with van der Waals surface area (Å²) in [5.74, 6) is 0.922. The zero-order valence-electron chi connectivity index (χ0n) is 14.7. The van der Waals surface area contributed by atoms with Crippen molar-refractivity contribution >= 4 is 0 Å². The largest absolute Gasteiger partial charge is 0.373 e. The summed E-state index contributed by atoms with van der Waals surface area (Å²) in [6.45, 7) is 15.8. The van der Waals surface area contributed by atoms with Gasteiger partial charge in [-0.25, -0.2) is 0 Å². The monoisotopic (exact) mass is 296 g/mol. The summed E-state index contributed by atoms with van der Waals surface area (Å²) in [5, 5.41) is 3.71. The number of hydrogen-bond acceptors (Lipinski definition) is 3. The van der Waals surface area contributed by atoms with Crippen LogP contribution in [-0.4, -0.2) is 49.8 Å². The van der Waals surface area contributed by atoms with E-state index in [1.54, 1.807) is 0 Å². The van der Waals surface area contributed by atoms with Crippen molar-refractivity contribution in [1.29, 1.82) is 0 Å². The lowest BCUT2D eigenvalue weighted by molar-refractivity contribution is -0.0971. The predicted octanol–water partition coefficient (Wildman–Crippen LogP) is 3.29. The van der Waals surface area contributed by atoms with Crippen molar-refractivity contribution in [3.8, 4) is 0 Å². The van der Waals surface area contributed by atoms with Crippen molar-refractivity contribution < 1.29 is 4.74 Å². The number of ether oxygens (including phenoxy) is 1. The third kappa shape index (κ3) is 5.22. The summed E-state index contributed by atoms with van der Waals surface area (Å²) in [7, 11) is 0. The lowest BCUT2D eigenvalue weighted by atomic mass is 9.70. The van der Waals surface area contributed by atoms with Crippen LogP contribution >= 0.6 is 0 Å². The topological polar surface area (TPSA) is 24.5 Å². The molecule has 0 aromatic heterocycles. The molecule has 0 aromatic rings. The van der Waals surface area contributed by atoms with E-state index in [1.807, 2.05) is 0 Å². The molecule has 0 amide bonds. The number of nitrogens with zero attached hydrogens (tertiary/aromatic N) is 1. The van der Waals surface area contributed by atoms with E-state index in [2.05, 4.69) is 37.9 Å². The Morgan fingerprint density at radius 2 is 1.95 bits per heavy atom. The van der Waals surface area contributed by atoms with E-state index in [9.17, 15) is 0 Å². The van der Waals surface area contributed by atoms with Crippen LogP contribution in [0.2, 0.25) is 0 Å². The van der Waals surface area contributed by atoms with Crippen LogP contribution in [0.5, 0.6) is 0 Å². The Morgan fingerprint density at radius 3 is 2.57 bits per heavy atom. The first kappa shape index (κ1) is 17.2. The van der Waals surface area contributed by atoms with Gasteiger partial charge in [-0.05, 0) is 51.0 Å². The Kier molecular flexibility index (Phi) is 6.10. The van der Waals surface area contributed by atoms with Crippen LogP contribution in [0.3, 0.4) is 0 Å². The fourth-order valence-corrected chi connectivity index (χ4v) is 4.02. The van der Waals surface area contributed by atoms with Gasteiger partial charge in [0.15, 0.2) is 0 Å². The van der Waals surface area contributed by atoms with E-state index < -0.39 is 0 Å². The van der Waals surface area contributed by atoms with Crippen LogP contribution in [0.25, 0.3) is 0 Å². The maximum atomic E-state index is 5.88. The van der Waals surface area contributed by atoms with Gasteiger partial charge in [-0.15, -0.1) is 0 Å². The highest BCUT2D eigenvalue weighted by molar-refractivity contribution is 4.91. The fourth-order valence-electron chi connectivity index (χ4n) is 4.02. The summed E-state index contributed by atoms with van der Waals surface area (Å²) in [4.78, 5) is 2.66. The molecule has 1 N–H and O–H groups in total. The molecular formula is C18H36N2O. The van der Waals surface area contributed by atoms with Gasteiger partial charge in [0.05, 0.1) is 12.2 Å². The molecule has 0 spiro atoms. The maximum absolute atomic E-state index is 5.88. The summed E-state index contributed by atoms with van der Waals surface area (Å²) < 4.78 is 5.88. The second-order valence-electron chi connectivity index (χ2n) is 8.18. The molecule has 1 saturated heterocycles. The highest BCUT2D eigenvalue weighted by atomic mass is 16.5. The van der Waals surface area contributed by atoms with Gasteiger partial charge in [0, 0.05) is 26.2 Å².